The molecule has 0 fully saturated rings. The molecule has 1 rings (SSSR count). The molecule has 1 aromatic rings. The lowest BCUT2D eigenvalue weighted by atomic mass is 10.0. The van der Waals surface area contributed by atoms with E-state index < -0.39 is 5.97 Å². The van der Waals surface area contributed by atoms with Gasteiger partial charge in [-0.25, -0.2) is 0 Å². The molecule has 0 saturated carbocycles. The lowest BCUT2D eigenvalue weighted by Gasteiger charge is -2.16. The first-order valence-electron chi connectivity index (χ1n) is 5.15. The fourth-order valence-electron chi connectivity index (χ4n) is 1.53. The molecule has 2 N–H and O–H groups in total. The molecule has 0 radical (unpaired) electrons. The van der Waals surface area contributed by atoms with E-state index in [1.807, 2.05) is 38.1 Å². The number of rotatable bonds is 5. The predicted molar refractivity (Wildman–Crippen MR) is 59.8 cm³/mol. The molecule has 0 spiro atoms. The predicted octanol–water partition coefficient (Wildman–Crippen LogP) is 2.12. The van der Waals surface area contributed by atoms with Crippen molar-refractivity contribution >= 4 is 5.97 Å². The highest BCUT2D eigenvalue weighted by Gasteiger charge is 2.13. The third-order valence-corrected chi connectivity index (χ3v) is 2.31. The normalized spacial score (nSPS) is 12.4. The Balaban J connectivity index is 2.78. The molecule has 0 heterocycles. The summed E-state index contributed by atoms with van der Waals surface area (Å²) in [7, 11) is 0. The van der Waals surface area contributed by atoms with Crippen molar-refractivity contribution in [2.45, 2.75) is 26.3 Å². The molecule has 0 aliphatic carbocycles. The van der Waals surface area contributed by atoms with Crippen LogP contribution in [0.1, 0.15) is 30.5 Å². The molecule has 15 heavy (non-hydrogen) atoms. The Bertz CT molecular complexity index is 319. The first kappa shape index (κ1) is 11.7. The standard InChI is InChI=1S/C12H17NO2/c1-3-13-11(8-12(14)15)10-6-4-9(2)5-7-10/h4-7,11,13H,3,8H2,1-2H3,(H,14,15). The Morgan fingerprint density at radius 1 is 1.40 bits per heavy atom. The van der Waals surface area contributed by atoms with Crippen LogP contribution < -0.4 is 5.32 Å². The molecule has 0 amide bonds. The molecule has 1 unspecified atom stereocenters. The van der Waals surface area contributed by atoms with Crippen molar-refractivity contribution in [2.24, 2.45) is 0 Å². The summed E-state index contributed by atoms with van der Waals surface area (Å²) in [5.74, 6) is -0.776. The van der Waals surface area contributed by atoms with Crippen molar-refractivity contribution in [3.05, 3.63) is 35.4 Å². The van der Waals surface area contributed by atoms with Crippen molar-refractivity contribution < 1.29 is 9.90 Å². The Morgan fingerprint density at radius 3 is 2.47 bits per heavy atom. The Labute approximate surface area is 90.1 Å². The second kappa shape index (κ2) is 5.51. The SMILES string of the molecule is CCNC(CC(=O)O)c1ccc(C)cc1. The third kappa shape index (κ3) is 3.72. The smallest absolute Gasteiger partial charge is 0.305 e. The highest BCUT2D eigenvalue weighted by molar-refractivity contribution is 5.67. The topological polar surface area (TPSA) is 49.3 Å². The van der Waals surface area contributed by atoms with E-state index >= 15 is 0 Å². The van der Waals surface area contributed by atoms with Crippen molar-refractivity contribution in [1.29, 1.82) is 0 Å². The summed E-state index contributed by atoms with van der Waals surface area (Å²) in [5.41, 5.74) is 2.22. The Kier molecular flexibility index (Phi) is 4.31. The number of benzene rings is 1. The van der Waals surface area contributed by atoms with Gasteiger partial charge in [-0.3, -0.25) is 4.79 Å². The van der Waals surface area contributed by atoms with E-state index in [1.165, 1.54) is 5.56 Å². The van der Waals surface area contributed by atoms with Gasteiger partial charge in [0.1, 0.15) is 0 Å². The number of carboxylic acid groups (broad SMARTS) is 1. The number of aryl methyl sites for hydroxylation is 1. The molecule has 0 aliphatic rings. The number of carboxylic acids is 1. The summed E-state index contributed by atoms with van der Waals surface area (Å²) >= 11 is 0. The van der Waals surface area contributed by atoms with Gasteiger partial charge in [0.15, 0.2) is 0 Å². The Hall–Kier alpha value is -1.35. The highest BCUT2D eigenvalue weighted by Crippen LogP contribution is 2.17. The minimum atomic E-state index is -0.776. The van der Waals surface area contributed by atoms with Crippen LogP contribution in [-0.4, -0.2) is 17.6 Å². The summed E-state index contributed by atoms with van der Waals surface area (Å²) in [5, 5.41) is 12.0. The zero-order chi connectivity index (χ0) is 11.3. The molecular formula is C12H17NO2. The number of carbonyl (C=O) groups is 1. The number of hydrogen-bond acceptors (Lipinski definition) is 2. The lowest BCUT2D eigenvalue weighted by molar-refractivity contribution is -0.137. The van der Waals surface area contributed by atoms with Crippen LogP contribution in [0.15, 0.2) is 24.3 Å². The van der Waals surface area contributed by atoms with Crippen LogP contribution in [0, 0.1) is 6.92 Å². The molecule has 82 valence electrons. The van der Waals surface area contributed by atoms with Gasteiger partial charge in [0.05, 0.1) is 6.42 Å². The maximum atomic E-state index is 10.7. The molecule has 1 aromatic carbocycles. The van der Waals surface area contributed by atoms with Gasteiger partial charge in [0.2, 0.25) is 0 Å². The molecule has 0 saturated heterocycles. The van der Waals surface area contributed by atoms with E-state index in [9.17, 15) is 4.79 Å². The van der Waals surface area contributed by atoms with E-state index in [0.717, 1.165) is 12.1 Å². The van der Waals surface area contributed by atoms with Crippen LogP contribution in [-0.2, 0) is 4.79 Å². The maximum Gasteiger partial charge on any atom is 0.305 e. The van der Waals surface area contributed by atoms with Crippen LogP contribution in [0.2, 0.25) is 0 Å². The molecule has 3 nitrogen and oxygen atoms in total. The maximum absolute atomic E-state index is 10.7. The molecule has 0 bridgehead atoms. The van der Waals surface area contributed by atoms with Crippen LogP contribution in [0.25, 0.3) is 0 Å². The highest BCUT2D eigenvalue weighted by atomic mass is 16.4. The van der Waals surface area contributed by atoms with Gasteiger partial charge in [-0.05, 0) is 19.0 Å². The summed E-state index contributed by atoms with van der Waals surface area (Å²) in [6.45, 7) is 4.76. The average Bonchev–Trinajstić information content (AvgIpc) is 2.17. The molecule has 0 aliphatic heterocycles. The van der Waals surface area contributed by atoms with Crippen molar-refractivity contribution in [3.8, 4) is 0 Å². The number of nitrogens with one attached hydrogen (secondary N) is 1. The van der Waals surface area contributed by atoms with Gasteiger partial charge in [-0.1, -0.05) is 36.8 Å². The van der Waals surface area contributed by atoms with Crippen LogP contribution in [0.5, 0.6) is 0 Å². The first-order chi connectivity index (χ1) is 7.13. The number of aliphatic carboxylic acids is 1. The fourth-order valence-corrected chi connectivity index (χ4v) is 1.53. The van der Waals surface area contributed by atoms with Crippen molar-refractivity contribution in [3.63, 3.8) is 0 Å². The van der Waals surface area contributed by atoms with Gasteiger partial charge >= 0.3 is 5.97 Å². The largest absolute Gasteiger partial charge is 0.481 e. The minimum absolute atomic E-state index is 0.0897. The van der Waals surface area contributed by atoms with Gasteiger partial charge in [-0.2, -0.15) is 0 Å². The first-order valence-corrected chi connectivity index (χ1v) is 5.15. The average molecular weight is 207 g/mol. The monoisotopic (exact) mass is 207 g/mol. The summed E-state index contributed by atoms with van der Waals surface area (Å²) in [6.07, 6.45) is 0.122. The Morgan fingerprint density at radius 2 is 2.00 bits per heavy atom. The van der Waals surface area contributed by atoms with Gasteiger partial charge in [0, 0.05) is 6.04 Å². The molecule has 3 heteroatoms. The van der Waals surface area contributed by atoms with E-state index in [1.54, 1.807) is 0 Å². The summed E-state index contributed by atoms with van der Waals surface area (Å²) in [6, 6.07) is 7.87. The van der Waals surface area contributed by atoms with Gasteiger partial charge in [-0.15, -0.1) is 0 Å². The van der Waals surface area contributed by atoms with E-state index in [-0.39, 0.29) is 12.5 Å². The zero-order valence-electron chi connectivity index (χ0n) is 9.16. The van der Waals surface area contributed by atoms with E-state index in [0.29, 0.717) is 0 Å². The lowest BCUT2D eigenvalue weighted by Crippen LogP contribution is -2.23. The van der Waals surface area contributed by atoms with E-state index in [2.05, 4.69) is 5.32 Å². The quantitative estimate of drug-likeness (QED) is 0.777. The van der Waals surface area contributed by atoms with Crippen LogP contribution in [0.4, 0.5) is 0 Å². The van der Waals surface area contributed by atoms with Crippen molar-refractivity contribution in [1.82, 2.24) is 5.32 Å². The fraction of sp³-hybridized carbons (Fsp3) is 0.417. The van der Waals surface area contributed by atoms with Gasteiger partial charge in [0.25, 0.3) is 0 Å². The summed E-state index contributed by atoms with van der Waals surface area (Å²) in [4.78, 5) is 10.7. The van der Waals surface area contributed by atoms with Gasteiger partial charge < -0.3 is 10.4 Å². The number of hydrogen-bond donors (Lipinski definition) is 2. The van der Waals surface area contributed by atoms with Crippen LogP contribution >= 0.6 is 0 Å². The zero-order valence-corrected chi connectivity index (χ0v) is 9.16. The molecular weight excluding hydrogens is 190 g/mol. The van der Waals surface area contributed by atoms with Crippen LogP contribution in [0.3, 0.4) is 0 Å². The van der Waals surface area contributed by atoms with E-state index in [4.69, 9.17) is 5.11 Å². The second-order valence-corrected chi connectivity index (χ2v) is 3.62. The molecule has 1 atom stereocenters. The third-order valence-electron chi connectivity index (χ3n) is 2.31. The summed E-state index contributed by atoms with van der Waals surface area (Å²) < 4.78 is 0. The molecule has 0 aromatic heterocycles. The second-order valence-electron chi connectivity index (χ2n) is 3.62. The minimum Gasteiger partial charge on any atom is -0.481 e. The van der Waals surface area contributed by atoms with Crippen molar-refractivity contribution in [2.75, 3.05) is 6.54 Å².